The SMILES string of the molecule is COC(=O)C1=C2C=CC(OC(CF)CF)=CN2NC1. The van der Waals surface area contributed by atoms with E-state index < -0.39 is 25.4 Å². The molecule has 104 valence electrons. The van der Waals surface area contributed by atoms with Gasteiger partial charge in [0, 0.05) is 6.54 Å². The third-order valence-corrected chi connectivity index (χ3v) is 2.74. The molecule has 2 heterocycles. The van der Waals surface area contributed by atoms with Crippen molar-refractivity contribution in [3.05, 3.63) is 35.4 Å². The number of ether oxygens (including phenoxy) is 2. The molecule has 19 heavy (non-hydrogen) atoms. The van der Waals surface area contributed by atoms with E-state index in [-0.39, 0.29) is 0 Å². The van der Waals surface area contributed by atoms with Crippen molar-refractivity contribution < 1.29 is 23.0 Å². The van der Waals surface area contributed by atoms with E-state index in [0.717, 1.165) is 0 Å². The lowest BCUT2D eigenvalue weighted by Gasteiger charge is -2.22. The van der Waals surface area contributed by atoms with Crippen molar-refractivity contribution in [3.63, 3.8) is 0 Å². The lowest BCUT2D eigenvalue weighted by molar-refractivity contribution is -0.136. The molecule has 0 bridgehead atoms. The maximum atomic E-state index is 12.4. The summed E-state index contributed by atoms with van der Waals surface area (Å²) in [6.07, 6.45) is 3.61. The maximum Gasteiger partial charge on any atom is 0.337 e. The summed E-state index contributed by atoms with van der Waals surface area (Å²) in [5, 5.41) is 1.56. The van der Waals surface area contributed by atoms with Crippen LogP contribution in [0.3, 0.4) is 0 Å². The first-order valence-electron chi connectivity index (χ1n) is 5.72. The molecule has 5 nitrogen and oxygen atoms in total. The van der Waals surface area contributed by atoms with Crippen LogP contribution in [0.5, 0.6) is 0 Å². The highest BCUT2D eigenvalue weighted by Gasteiger charge is 2.27. The number of nitrogens with zero attached hydrogens (tertiary/aromatic N) is 1. The Kier molecular flexibility index (Phi) is 4.16. The Morgan fingerprint density at radius 1 is 1.47 bits per heavy atom. The average molecular weight is 272 g/mol. The van der Waals surface area contributed by atoms with Gasteiger partial charge in [-0.1, -0.05) is 0 Å². The van der Waals surface area contributed by atoms with E-state index in [1.54, 1.807) is 17.2 Å². The minimum atomic E-state index is -1.11. The van der Waals surface area contributed by atoms with Crippen molar-refractivity contribution >= 4 is 5.97 Å². The normalized spacial score (nSPS) is 17.7. The number of hydrogen-bond acceptors (Lipinski definition) is 5. The molecule has 7 heteroatoms. The summed E-state index contributed by atoms with van der Waals surface area (Å²) in [4.78, 5) is 11.5. The molecule has 1 N–H and O–H groups in total. The predicted molar refractivity (Wildman–Crippen MR) is 62.9 cm³/mol. The molecule has 0 saturated carbocycles. The molecule has 0 unspecified atom stereocenters. The molecular weight excluding hydrogens is 258 g/mol. The van der Waals surface area contributed by atoms with Gasteiger partial charge >= 0.3 is 5.97 Å². The second-order valence-electron chi connectivity index (χ2n) is 3.97. The van der Waals surface area contributed by atoms with E-state index in [1.165, 1.54) is 13.3 Å². The molecule has 0 aromatic rings. The fraction of sp³-hybridized carbons (Fsp3) is 0.417. The van der Waals surface area contributed by atoms with Crippen LogP contribution in [0.1, 0.15) is 0 Å². The molecule has 0 atom stereocenters. The number of hydrogen-bond donors (Lipinski definition) is 1. The highest BCUT2D eigenvalue weighted by molar-refractivity contribution is 5.91. The van der Waals surface area contributed by atoms with Gasteiger partial charge in [0.2, 0.25) is 0 Å². The van der Waals surface area contributed by atoms with Crippen molar-refractivity contribution in [2.75, 3.05) is 27.0 Å². The van der Waals surface area contributed by atoms with Crippen molar-refractivity contribution in [2.24, 2.45) is 0 Å². The third kappa shape index (κ3) is 2.76. The van der Waals surface area contributed by atoms with Gasteiger partial charge in [-0.05, 0) is 12.2 Å². The number of halogens is 2. The second kappa shape index (κ2) is 5.83. The first kappa shape index (κ1) is 13.5. The van der Waals surface area contributed by atoms with Crippen molar-refractivity contribution in [2.45, 2.75) is 6.10 Å². The summed E-state index contributed by atoms with van der Waals surface area (Å²) in [6, 6.07) is 0. The quantitative estimate of drug-likeness (QED) is 0.756. The van der Waals surface area contributed by atoms with Crippen LogP contribution in [0, 0.1) is 0 Å². The average Bonchev–Trinajstić information content (AvgIpc) is 2.86. The zero-order chi connectivity index (χ0) is 13.8. The van der Waals surface area contributed by atoms with Gasteiger partial charge in [-0.2, -0.15) is 0 Å². The molecule has 0 saturated heterocycles. The molecule has 0 aliphatic carbocycles. The summed E-state index contributed by atoms with van der Waals surface area (Å²) < 4.78 is 34.5. The Bertz CT molecular complexity index is 456. The number of alkyl halides is 2. The van der Waals surface area contributed by atoms with Gasteiger partial charge in [0.15, 0.2) is 6.10 Å². The van der Waals surface area contributed by atoms with Crippen LogP contribution >= 0.6 is 0 Å². The van der Waals surface area contributed by atoms with Crippen LogP contribution in [0.4, 0.5) is 8.78 Å². The number of hydrazine groups is 1. The number of carbonyl (C=O) groups is 1. The summed E-state index contributed by atoms with van der Waals surface area (Å²) in [7, 11) is 1.31. The lowest BCUT2D eigenvalue weighted by atomic mass is 10.2. The molecule has 0 radical (unpaired) electrons. The largest absolute Gasteiger partial charge is 0.483 e. The van der Waals surface area contributed by atoms with Crippen LogP contribution in [-0.4, -0.2) is 44.1 Å². The Balaban J connectivity index is 2.11. The smallest absolute Gasteiger partial charge is 0.337 e. The summed E-state index contributed by atoms with van der Waals surface area (Å²) in [5.41, 5.74) is 4.05. The summed E-state index contributed by atoms with van der Waals surface area (Å²) in [6.45, 7) is -1.47. The molecule has 0 aromatic carbocycles. The number of nitrogens with one attached hydrogen (secondary N) is 1. The van der Waals surface area contributed by atoms with E-state index in [1.807, 2.05) is 0 Å². The van der Waals surface area contributed by atoms with E-state index >= 15 is 0 Å². The number of esters is 1. The first-order chi connectivity index (χ1) is 9.19. The Morgan fingerprint density at radius 3 is 2.84 bits per heavy atom. The van der Waals surface area contributed by atoms with Crippen LogP contribution in [0.25, 0.3) is 0 Å². The van der Waals surface area contributed by atoms with Crippen molar-refractivity contribution in [1.82, 2.24) is 10.4 Å². The predicted octanol–water partition coefficient (Wildman–Crippen LogP) is 0.969. The fourth-order valence-electron chi connectivity index (χ4n) is 1.78. The highest BCUT2D eigenvalue weighted by atomic mass is 19.1. The van der Waals surface area contributed by atoms with Gasteiger partial charge in [-0.15, -0.1) is 0 Å². The van der Waals surface area contributed by atoms with E-state index in [2.05, 4.69) is 10.2 Å². The molecule has 0 fully saturated rings. The molecule has 2 aliphatic rings. The molecular formula is C12H14F2N2O3. The minimum Gasteiger partial charge on any atom is -0.483 e. The van der Waals surface area contributed by atoms with Crippen molar-refractivity contribution in [3.8, 4) is 0 Å². The van der Waals surface area contributed by atoms with Crippen LogP contribution in [0.15, 0.2) is 35.4 Å². The number of carbonyl (C=O) groups excluding carboxylic acids is 1. The fourth-order valence-corrected chi connectivity index (χ4v) is 1.78. The van der Waals surface area contributed by atoms with Crippen LogP contribution < -0.4 is 5.43 Å². The lowest BCUT2D eigenvalue weighted by Crippen LogP contribution is -2.29. The minimum absolute atomic E-state index is 0.322. The molecule has 2 aliphatic heterocycles. The Morgan fingerprint density at radius 2 is 2.21 bits per heavy atom. The van der Waals surface area contributed by atoms with Crippen LogP contribution in [-0.2, 0) is 14.3 Å². The zero-order valence-corrected chi connectivity index (χ0v) is 10.4. The number of allylic oxidation sites excluding steroid dienone is 2. The Hall–Kier alpha value is -1.89. The standard InChI is InChI=1S/C12H14F2N2O3/c1-18-12(17)10-6-15-16-7-8(2-3-11(10)16)19-9(4-13)5-14/h2-3,7,9,15H,4-6H2,1H3. The van der Waals surface area contributed by atoms with Gasteiger partial charge < -0.3 is 9.47 Å². The molecule has 2 rings (SSSR count). The van der Waals surface area contributed by atoms with Gasteiger partial charge in [0.05, 0.1) is 24.6 Å². The van der Waals surface area contributed by atoms with Crippen LogP contribution in [0.2, 0.25) is 0 Å². The van der Waals surface area contributed by atoms with Gasteiger partial charge in [0.1, 0.15) is 19.1 Å². The number of rotatable bonds is 5. The monoisotopic (exact) mass is 272 g/mol. The van der Waals surface area contributed by atoms with E-state index in [9.17, 15) is 13.6 Å². The Labute approximate surface area is 109 Å². The zero-order valence-electron chi connectivity index (χ0n) is 10.4. The van der Waals surface area contributed by atoms with E-state index in [0.29, 0.717) is 23.6 Å². The van der Waals surface area contributed by atoms with Gasteiger partial charge in [0.25, 0.3) is 0 Å². The number of fused-ring (bicyclic) bond motifs is 1. The van der Waals surface area contributed by atoms with Gasteiger partial charge in [-0.3, -0.25) is 5.01 Å². The van der Waals surface area contributed by atoms with Crippen molar-refractivity contribution in [1.29, 1.82) is 0 Å². The topological polar surface area (TPSA) is 50.8 Å². The van der Waals surface area contributed by atoms with Gasteiger partial charge in [-0.25, -0.2) is 19.0 Å². The molecule has 0 amide bonds. The first-order valence-corrected chi connectivity index (χ1v) is 5.72. The third-order valence-electron chi connectivity index (χ3n) is 2.74. The maximum absolute atomic E-state index is 12.4. The molecule has 0 spiro atoms. The highest BCUT2D eigenvalue weighted by Crippen LogP contribution is 2.24. The summed E-state index contributed by atoms with van der Waals surface area (Å²) in [5.74, 6) is -0.0968. The van der Waals surface area contributed by atoms with E-state index in [4.69, 9.17) is 4.74 Å². The second-order valence-corrected chi connectivity index (χ2v) is 3.97. The summed E-state index contributed by atoms with van der Waals surface area (Å²) >= 11 is 0. The molecule has 0 aromatic heterocycles. The number of methoxy groups -OCH3 is 1.